The monoisotopic (exact) mass is 728 g/mol. The molecule has 2 radical (unpaired) electrons. The van der Waals surface area contributed by atoms with Crippen molar-refractivity contribution in [2.75, 3.05) is 0 Å². The zero-order valence-corrected chi connectivity index (χ0v) is 29.5. The third-order valence-corrected chi connectivity index (χ3v) is 11.6. The SMILES string of the molecule is [B]c1cc(O)c(-c2nc(-c3ccc4c(c3)oc3ccc(-n5c6ccccc6c6ccccc65)cc34)nc(-c3cccc4c3sc3ccccc34)n2)c(O)c1O. The Hall–Kier alpha value is -7.17. The summed E-state index contributed by atoms with van der Waals surface area (Å²) in [5.74, 6) is -1.03. The molecule has 0 aliphatic rings. The number of hydrogen-bond donors (Lipinski definition) is 3. The number of benzene rings is 7. The highest BCUT2D eigenvalue weighted by Crippen LogP contribution is 2.44. The van der Waals surface area contributed by atoms with Gasteiger partial charge in [0, 0.05) is 58.5 Å². The van der Waals surface area contributed by atoms with Gasteiger partial charge in [-0.2, -0.15) is 0 Å². The summed E-state index contributed by atoms with van der Waals surface area (Å²) in [6, 6.07) is 44.2. The van der Waals surface area contributed by atoms with Crippen molar-refractivity contribution < 1.29 is 19.7 Å². The Labute approximate surface area is 317 Å². The molecule has 0 aliphatic carbocycles. The van der Waals surface area contributed by atoms with Crippen molar-refractivity contribution in [1.82, 2.24) is 19.5 Å². The Kier molecular flexibility index (Phi) is 6.65. The summed E-state index contributed by atoms with van der Waals surface area (Å²) in [6.07, 6.45) is 0. The number of phenolic OH excluding ortho intramolecular Hbond substituents is 3. The average Bonchev–Trinajstić information content (AvgIpc) is 3.89. The fourth-order valence-corrected chi connectivity index (χ4v) is 9.00. The van der Waals surface area contributed by atoms with Crippen molar-refractivity contribution in [1.29, 1.82) is 0 Å². The highest BCUT2D eigenvalue weighted by molar-refractivity contribution is 7.26. The largest absolute Gasteiger partial charge is 0.507 e. The van der Waals surface area contributed by atoms with Crippen LogP contribution < -0.4 is 5.46 Å². The van der Waals surface area contributed by atoms with Gasteiger partial charge >= 0.3 is 0 Å². The summed E-state index contributed by atoms with van der Waals surface area (Å²) in [7, 11) is 5.85. The van der Waals surface area contributed by atoms with Gasteiger partial charge in [-0.25, -0.2) is 15.0 Å². The summed E-state index contributed by atoms with van der Waals surface area (Å²) >= 11 is 1.63. The molecule has 11 rings (SSSR count). The third-order valence-electron chi connectivity index (χ3n) is 10.3. The molecule has 0 bridgehead atoms. The van der Waals surface area contributed by atoms with E-state index in [1.165, 1.54) is 10.8 Å². The lowest BCUT2D eigenvalue weighted by molar-refractivity contribution is 0.401. The van der Waals surface area contributed by atoms with E-state index in [0.29, 0.717) is 17.0 Å². The predicted octanol–water partition coefficient (Wildman–Crippen LogP) is 10.1. The molecular weight excluding hydrogens is 703 g/mol. The summed E-state index contributed by atoms with van der Waals surface area (Å²) in [6.45, 7) is 0. The summed E-state index contributed by atoms with van der Waals surface area (Å²) in [4.78, 5) is 14.5. The number of rotatable bonds is 4. The quantitative estimate of drug-likeness (QED) is 0.0938. The van der Waals surface area contributed by atoms with E-state index in [0.717, 1.165) is 64.9 Å². The fourth-order valence-electron chi connectivity index (χ4n) is 7.79. The summed E-state index contributed by atoms with van der Waals surface area (Å²) in [5.41, 5.74) is 5.67. The Morgan fingerprint density at radius 2 is 1.24 bits per heavy atom. The van der Waals surface area contributed by atoms with Crippen LogP contribution in [0.5, 0.6) is 17.2 Å². The van der Waals surface area contributed by atoms with E-state index in [9.17, 15) is 15.3 Å². The van der Waals surface area contributed by atoms with Gasteiger partial charge in [-0.1, -0.05) is 72.8 Å². The van der Waals surface area contributed by atoms with Gasteiger partial charge < -0.3 is 24.3 Å². The van der Waals surface area contributed by atoms with Crippen LogP contribution in [0.3, 0.4) is 0 Å². The van der Waals surface area contributed by atoms with Crippen LogP contribution in [0.1, 0.15) is 0 Å². The van der Waals surface area contributed by atoms with Crippen LogP contribution in [0, 0.1) is 0 Å². The van der Waals surface area contributed by atoms with Crippen LogP contribution in [0.2, 0.25) is 0 Å². The molecule has 55 heavy (non-hydrogen) atoms. The van der Waals surface area contributed by atoms with E-state index in [2.05, 4.69) is 83.4 Å². The van der Waals surface area contributed by atoms with Crippen LogP contribution in [0.4, 0.5) is 0 Å². The zero-order chi connectivity index (χ0) is 36.9. The van der Waals surface area contributed by atoms with Gasteiger partial charge in [-0.05, 0) is 66.1 Å². The summed E-state index contributed by atoms with van der Waals surface area (Å²) < 4.78 is 10.8. The van der Waals surface area contributed by atoms with Gasteiger partial charge in [0.2, 0.25) is 0 Å². The fraction of sp³-hybridized carbons (Fsp3) is 0. The normalized spacial score (nSPS) is 11.9. The highest BCUT2D eigenvalue weighted by atomic mass is 32.1. The van der Waals surface area contributed by atoms with Gasteiger partial charge in [0.25, 0.3) is 0 Å². The molecule has 0 atom stereocenters. The molecule has 0 aliphatic heterocycles. The number of furan rings is 1. The topological polar surface area (TPSA) is 117 Å². The second kappa shape index (κ2) is 11.7. The maximum Gasteiger partial charge on any atom is 0.171 e. The number of hydrogen-bond acceptors (Lipinski definition) is 8. The number of nitrogens with zero attached hydrogens (tertiary/aromatic N) is 4. The van der Waals surface area contributed by atoms with Crippen LogP contribution in [-0.2, 0) is 0 Å². The minimum atomic E-state index is -0.632. The van der Waals surface area contributed by atoms with Gasteiger partial charge in [0.15, 0.2) is 29.0 Å². The third kappa shape index (κ3) is 4.68. The Morgan fingerprint density at radius 3 is 2.04 bits per heavy atom. The first-order chi connectivity index (χ1) is 26.9. The molecule has 10 heteroatoms. The molecule has 258 valence electrons. The molecular formula is C45H25BN4O4S. The van der Waals surface area contributed by atoms with Crippen LogP contribution in [0.25, 0.3) is 104 Å². The van der Waals surface area contributed by atoms with Gasteiger partial charge in [-0.15, -0.1) is 11.3 Å². The average molecular weight is 729 g/mol. The van der Waals surface area contributed by atoms with E-state index in [-0.39, 0.29) is 28.4 Å². The Balaban J connectivity index is 1.10. The number of fused-ring (bicyclic) bond motifs is 9. The molecule has 0 spiro atoms. The molecule has 0 unspecified atom stereocenters. The first-order valence-electron chi connectivity index (χ1n) is 17.6. The van der Waals surface area contributed by atoms with E-state index < -0.39 is 11.5 Å². The van der Waals surface area contributed by atoms with Gasteiger partial charge in [0.05, 0.1) is 11.0 Å². The number of para-hydroxylation sites is 2. The molecule has 8 nitrogen and oxygen atoms in total. The van der Waals surface area contributed by atoms with E-state index >= 15 is 0 Å². The van der Waals surface area contributed by atoms with Crippen LogP contribution in [0.15, 0.2) is 138 Å². The van der Waals surface area contributed by atoms with E-state index in [1.54, 1.807) is 11.3 Å². The standard InChI is InChI=1S/C45H25BN4O4S/c46-32-22-35(51)39(41(53)40(32)52)45-48-43(47-44(49-45)30-12-7-11-29-28-10-3-6-15-38(28)55-42(29)30)23-16-18-27-31-21-24(17-19-36(31)54-37(27)20-23)50-33-13-4-1-8-25(33)26-9-2-5-14-34(26)50/h1-22,51-53H. The lowest BCUT2D eigenvalue weighted by Crippen LogP contribution is -2.05. The molecule has 7 aromatic carbocycles. The minimum absolute atomic E-state index is 0.0380. The molecule has 3 N–H and O–H groups in total. The van der Waals surface area contributed by atoms with Crippen molar-refractivity contribution in [3.63, 3.8) is 0 Å². The predicted molar refractivity (Wildman–Crippen MR) is 221 cm³/mol. The number of aromatic nitrogens is 4. The summed E-state index contributed by atoms with van der Waals surface area (Å²) in [5, 5.41) is 39.0. The molecule has 0 amide bonds. The number of aromatic hydroxyl groups is 3. The second-order valence-corrected chi connectivity index (χ2v) is 14.6. The maximum atomic E-state index is 11.0. The van der Waals surface area contributed by atoms with E-state index in [1.807, 2.05) is 48.5 Å². The van der Waals surface area contributed by atoms with Crippen molar-refractivity contribution in [3.8, 4) is 57.1 Å². The Morgan fingerprint density at radius 1 is 0.545 bits per heavy atom. The van der Waals surface area contributed by atoms with Crippen molar-refractivity contribution in [3.05, 3.63) is 133 Å². The first kappa shape index (κ1) is 31.4. The highest BCUT2D eigenvalue weighted by Gasteiger charge is 2.23. The minimum Gasteiger partial charge on any atom is -0.507 e. The van der Waals surface area contributed by atoms with Crippen LogP contribution in [-0.4, -0.2) is 42.7 Å². The maximum absolute atomic E-state index is 11.0. The van der Waals surface area contributed by atoms with Gasteiger partial charge in [0.1, 0.15) is 30.3 Å². The number of thiophene rings is 1. The second-order valence-electron chi connectivity index (χ2n) is 13.5. The molecule has 4 heterocycles. The van der Waals surface area contributed by atoms with Crippen LogP contribution >= 0.6 is 11.3 Å². The first-order valence-corrected chi connectivity index (χ1v) is 18.4. The molecule has 4 aromatic heterocycles. The number of phenols is 3. The lowest BCUT2D eigenvalue weighted by atomic mass is 9.92. The lowest BCUT2D eigenvalue weighted by Gasteiger charge is -2.13. The molecule has 0 fully saturated rings. The van der Waals surface area contributed by atoms with Crippen molar-refractivity contribution in [2.24, 2.45) is 0 Å². The molecule has 0 saturated heterocycles. The van der Waals surface area contributed by atoms with Gasteiger partial charge in [-0.3, -0.25) is 0 Å². The smallest absolute Gasteiger partial charge is 0.171 e. The van der Waals surface area contributed by atoms with E-state index in [4.69, 9.17) is 27.2 Å². The molecule has 0 saturated carbocycles. The molecule has 11 aromatic rings. The van der Waals surface area contributed by atoms with Crippen molar-refractivity contribution in [2.45, 2.75) is 0 Å². The Bertz CT molecular complexity index is 3350. The zero-order valence-electron chi connectivity index (χ0n) is 28.7. The van der Waals surface area contributed by atoms with Crippen molar-refractivity contribution >= 4 is 88.6 Å².